The molecule has 2 fully saturated rings. The summed E-state index contributed by atoms with van der Waals surface area (Å²) in [6.45, 7) is 5.66. The Labute approximate surface area is 144 Å². The molecule has 0 spiro atoms. The maximum atomic E-state index is 12.4. The summed E-state index contributed by atoms with van der Waals surface area (Å²) in [5, 5.41) is 13.2. The second kappa shape index (κ2) is 7.43. The molecule has 1 unspecified atom stereocenters. The van der Waals surface area contributed by atoms with E-state index in [2.05, 4.69) is 28.4 Å². The predicted octanol–water partition coefficient (Wildman–Crippen LogP) is 2.73. The minimum absolute atomic E-state index is 0.0802. The molecule has 2 aliphatic heterocycles. The van der Waals surface area contributed by atoms with E-state index in [1.54, 1.807) is 11.8 Å². The van der Waals surface area contributed by atoms with Gasteiger partial charge in [0, 0.05) is 31.9 Å². The molecule has 2 heterocycles. The van der Waals surface area contributed by atoms with Gasteiger partial charge < -0.3 is 20.2 Å². The van der Waals surface area contributed by atoms with Gasteiger partial charge in [-0.3, -0.25) is 0 Å². The number of β-amino-alcohol motifs (C(OH)–C–C–N with tert-alkyl or cyclic N) is 1. The lowest BCUT2D eigenvalue weighted by Crippen LogP contribution is -2.51. The number of piperidine rings is 2. The Hall–Kier alpha value is -1.75. The van der Waals surface area contributed by atoms with Gasteiger partial charge in [0.05, 0.1) is 12.1 Å². The van der Waals surface area contributed by atoms with Crippen LogP contribution in [0, 0.1) is 0 Å². The van der Waals surface area contributed by atoms with Crippen LogP contribution in [0.25, 0.3) is 0 Å². The Morgan fingerprint density at radius 1 is 1.17 bits per heavy atom. The van der Waals surface area contributed by atoms with Crippen molar-refractivity contribution in [2.24, 2.45) is 0 Å². The van der Waals surface area contributed by atoms with Crippen molar-refractivity contribution in [2.45, 2.75) is 51.2 Å². The van der Waals surface area contributed by atoms with Gasteiger partial charge >= 0.3 is 6.03 Å². The number of rotatable bonds is 3. The number of anilines is 1. The number of urea groups is 1. The molecule has 0 aliphatic carbocycles. The van der Waals surface area contributed by atoms with E-state index in [0.29, 0.717) is 13.1 Å². The number of hydrogen-bond acceptors (Lipinski definition) is 3. The molecular weight excluding hydrogens is 302 g/mol. The van der Waals surface area contributed by atoms with Crippen molar-refractivity contribution in [3.63, 3.8) is 0 Å². The zero-order valence-electron chi connectivity index (χ0n) is 14.6. The molecule has 2 amide bonds. The number of carbonyl (C=O) groups excluding carboxylic acids is 1. The van der Waals surface area contributed by atoms with Crippen molar-refractivity contribution >= 4 is 11.7 Å². The van der Waals surface area contributed by atoms with Gasteiger partial charge in [0.1, 0.15) is 0 Å². The Morgan fingerprint density at radius 3 is 2.67 bits per heavy atom. The average Bonchev–Trinajstić information content (AvgIpc) is 2.60. The fourth-order valence-corrected chi connectivity index (χ4v) is 3.78. The molecule has 5 heteroatoms. The lowest BCUT2D eigenvalue weighted by atomic mass is 9.95. The molecule has 1 atom stereocenters. The van der Waals surface area contributed by atoms with Crippen LogP contribution in [0.5, 0.6) is 0 Å². The summed E-state index contributed by atoms with van der Waals surface area (Å²) >= 11 is 0. The normalized spacial score (nSPS) is 24.8. The van der Waals surface area contributed by atoms with Gasteiger partial charge in [-0.15, -0.1) is 0 Å². The summed E-state index contributed by atoms with van der Waals surface area (Å²) in [5.41, 5.74) is 1.64. The van der Waals surface area contributed by atoms with Crippen LogP contribution in [0.2, 0.25) is 0 Å². The molecule has 3 rings (SSSR count). The number of para-hydroxylation sites is 1. The number of benzene rings is 1. The minimum Gasteiger partial charge on any atom is -0.388 e. The number of amides is 2. The number of aliphatic hydroxyl groups is 1. The maximum absolute atomic E-state index is 12.4. The number of hydrogen-bond donors (Lipinski definition) is 2. The SMILES string of the molecule is CC1(O)CCCN(C(=O)NCc2ccccc2N2CCCCC2)C1. The topological polar surface area (TPSA) is 55.8 Å². The van der Waals surface area contributed by atoms with Gasteiger partial charge in [0.25, 0.3) is 0 Å². The smallest absolute Gasteiger partial charge is 0.317 e. The molecule has 5 nitrogen and oxygen atoms in total. The molecule has 2 N–H and O–H groups in total. The van der Waals surface area contributed by atoms with E-state index in [0.717, 1.165) is 38.0 Å². The van der Waals surface area contributed by atoms with Crippen LogP contribution in [0.4, 0.5) is 10.5 Å². The molecule has 1 aromatic rings. The highest BCUT2D eigenvalue weighted by molar-refractivity contribution is 5.74. The second-order valence-corrected chi connectivity index (χ2v) is 7.36. The highest BCUT2D eigenvalue weighted by Gasteiger charge is 2.30. The molecule has 0 aromatic heterocycles. The first kappa shape index (κ1) is 17.1. The fourth-order valence-electron chi connectivity index (χ4n) is 3.78. The Kier molecular flexibility index (Phi) is 5.29. The van der Waals surface area contributed by atoms with Crippen LogP contribution in [-0.4, -0.2) is 47.8 Å². The molecule has 2 aliphatic rings. The van der Waals surface area contributed by atoms with E-state index < -0.39 is 5.60 Å². The third kappa shape index (κ3) is 4.20. The van der Waals surface area contributed by atoms with E-state index in [4.69, 9.17) is 0 Å². The molecular formula is C19H29N3O2. The maximum Gasteiger partial charge on any atom is 0.317 e. The lowest BCUT2D eigenvalue weighted by molar-refractivity contribution is -0.00252. The van der Waals surface area contributed by atoms with Gasteiger partial charge in [-0.25, -0.2) is 4.79 Å². The first-order chi connectivity index (χ1) is 11.6. The predicted molar refractivity (Wildman–Crippen MR) is 96.2 cm³/mol. The number of nitrogens with one attached hydrogen (secondary N) is 1. The Bertz CT molecular complexity index is 567. The molecule has 0 radical (unpaired) electrons. The van der Waals surface area contributed by atoms with E-state index in [1.807, 2.05) is 6.07 Å². The molecule has 2 saturated heterocycles. The number of likely N-dealkylation sites (tertiary alicyclic amines) is 1. The average molecular weight is 331 g/mol. The van der Waals surface area contributed by atoms with Crippen LogP contribution in [0.3, 0.4) is 0 Å². The quantitative estimate of drug-likeness (QED) is 0.895. The van der Waals surface area contributed by atoms with Crippen LogP contribution in [0.1, 0.15) is 44.6 Å². The number of nitrogens with zero attached hydrogens (tertiary/aromatic N) is 2. The summed E-state index contributed by atoms with van der Waals surface area (Å²) in [6, 6.07) is 8.26. The summed E-state index contributed by atoms with van der Waals surface area (Å²) in [5.74, 6) is 0. The highest BCUT2D eigenvalue weighted by Crippen LogP contribution is 2.24. The van der Waals surface area contributed by atoms with Crippen molar-refractivity contribution in [1.29, 1.82) is 0 Å². The summed E-state index contributed by atoms with van der Waals surface area (Å²) in [7, 11) is 0. The van der Waals surface area contributed by atoms with Gasteiger partial charge in [-0.1, -0.05) is 18.2 Å². The Morgan fingerprint density at radius 2 is 1.92 bits per heavy atom. The van der Waals surface area contributed by atoms with Crippen molar-refractivity contribution in [3.05, 3.63) is 29.8 Å². The van der Waals surface area contributed by atoms with Gasteiger partial charge in [-0.05, 0) is 50.7 Å². The molecule has 132 valence electrons. The van der Waals surface area contributed by atoms with Crippen molar-refractivity contribution in [1.82, 2.24) is 10.2 Å². The highest BCUT2D eigenvalue weighted by atomic mass is 16.3. The standard InChI is InChI=1S/C19H29N3O2/c1-19(24)10-7-13-22(15-19)18(23)20-14-16-8-3-4-9-17(16)21-11-5-2-6-12-21/h3-4,8-9,24H,2,5-7,10-15H2,1H3,(H,20,23). The summed E-state index contributed by atoms with van der Waals surface area (Å²) < 4.78 is 0. The largest absolute Gasteiger partial charge is 0.388 e. The van der Waals surface area contributed by atoms with Crippen molar-refractivity contribution < 1.29 is 9.90 Å². The van der Waals surface area contributed by atoms with Gasteiger partial charge in [0.15, 0.2) is 0 Å². The molecule has 1 aromatic carbocycles. The van der Waals surface area contributed by atoms with Crippen molar-refractivity contribution in [2.75, 3.05) is 31.1 Å². The first-order valence-electron chi connectivity index (χ1n) is 9.13. The zero-order chi connectivity index (χ0) is 17.0. The van der Waals surface area contributed by atoms with Crippen molar-refractivity contribution in [3.8, 4) is 0 Å². The fraction of sp³-hybridized carbons (Fsp3) is 0.632. The van der Waals surface area contributed by atoms with Crippen LogP contribution < -0.4 is 10.2 Å². The second-order valence-electron chi connectivity index (χ2n) is 7.36. The Balaban J connectivity index is 1.61. The van der Waals surface area contributed by atoms with E-state index >= 15 is 0 Å². The minimum atomic E-state index is -0.763. The molecule has 24 heavy (non-hydrogen) atoms. The third-order valence-electron chi connectivity index (χ3n) is 5.08. The molecule has 0 bridgehead atoms. The first-order valence-corrected chi connectivity index (χ1v) is 9.13. The van der Waals surface area contributed by atoms with E-state index in [-0.39, 0.29) is 6.03 Å². The van der Waals surface area contributed by atoms with Gasteiger partial charge in [0.2, 0.25) is 0 Å². The molecule has 0 saturated carbocycles. The summed E-state index contributed by atoms with van der Waals surface area (Å²) in [4.78, 5) is 16.6. The van der Waals surface area contributed by atoms with Crippen LogP contribution in [-0.2, 0) is 6.54 Å². The zero-order valence-corrected chi connectivity index (χ0v) is 14.6. The third-order valence-corrected chi connectivity index (χ3v) is 5.08. The lowest BCUT2D eigenvalue weighted by Gasteiger charge is -2.37. The monoisotopic (exact) mass is 331 g/mol. The number of carbonyl (C=O) groups is 1. The van der Waals surface area contributed by atoms with E-state index in [9.17, 15) is 9.90 Å². The van der Waals surface area contributed by atoms with Crippen LogP contribution >= 0.6 is 0 Å². The van der Waals surface area contributed by atoms with E-state index in [1.165, 1.54) is 24.9 Å². The summed E-state index contributed by atoms with van der Waals surface area (Å²) in [6.07, 6.45) is 5.40. The van der Waals surface area contributed by atoms with Gasteiger partial charge in [-0.2, -0.15) is 0 Å². The van der Waals surface area contributed by atoms with Crippen LogP contribution in [0.15, 0.2) is 24.3 Å².